The number of aromatic amines is 1. The molecule has 1 unspecified atom stereocenters. The van der Waals surface area contributed by atoms with Gasteiger partial charge in [-0.3, -0.25) is 14.3 Å². The number of aryl methyl sites for hydroxylation is 1. The SMILES string of the molecule is CCC(Nc1ncnc2[nH]cnc12)c1nc2cccc(Cl)c2c(=O)n1-c1cccnc1C. The number of fused-ring (bicyclic) bond motifs is 2. The minimum Gasteiger partial charge on any atom is -0.358 e. The molecule has 10 heteroatoms. The van der Waals surface area contributed by atoms with Gasteiger partial charge in [0, 0.05) is 6.20 Å². The summed E-state index contributed by atoms with van der Waals surface area (Å²) in [6, 6.07) is 8.56. The molecule has 160 valence electrons. The molecular formula is C22H19ClN8O. The van der Waals surface area contributed by atoms with Gasteiger partial charge in [-0.15, -0.1) is 0 Å². The standard InChI is InChI=1S/C22H19ClN8O/c1-3-14(29-20-18-19(26-10-25-18)27-11-28-20)21-30-15-7-4-6-13(23)17(15)22(32)31(21)16-8-5-9-24-12(16)2/h4-11,14H,3H2,1-2H3,(H2,25,26,27,28,29). The van der Waals surface area contributed by atoms with E-state index < -0.39 is 0 Å². The predicted molar refractivity (Wildman–Crippen MR) is 123 cm³/mol. The molecule has 0 radical (unpaired) electrons. The normalized spacial score (nSPS) is 12.3. The topological polar surface area (TPSA) is 114 Å². The van der Waals surface area contributed by atoms with E-state index in [1.165, 1.54) is 6.33 Å². The second-order valence-electron chi connectivity index (χ2n) is 7.28. The summed E-state index contributed by atoms with van der Waals surface area (Å²) in [4.78, 5) is 38.8. The Labute approximate surface area is 187 Å². The van der Waals surface area contributed by atoms with Crippen molar-refractivity contribution in [2.75, 3.05) is 5.32 Å². The van der Waals surface area contributed by atoms with Gasteiger partial charge in [-0.25, -0.2) is 19.9 Å². The summed E-state index contributed by atoms with van der Waals surface area (Å²) in [5.74, 6) is 1.09. The first kappa shape index (κ1) is 20.1. The average Bonchev–Trinajstić information content (AvgIpc) is 3.28. The molecule has 0 amide bonds. The van der Waals surface area contributed by atoms with Crippen LogP contribution in [0.4, 0.5) is 5.82 Å². The van der Waals surface area contributed by atoms with Crippen LogP contribution in [0.15, 0.2) is 54.0 Å². The van der Waals surface area contributed by atoms with E-state index in [4.69, 9.17) is 16.6 Å². The summed E-state index contributed by atoms with van der Waals surface area (Å²) >= 11 is 6.40. The zero-order valence-electron chi connectivity index (χ0n) is 17.4. The molecule has 0 aliphatic heterocycles. The second kappa shape index (κ2) is 8.01. The van der Waals surface area contributed by atoms with Crippen LogP contribution in [-0.2, 0) is 0 Å². The van der Waals surface area contributed by atoms with Gasteiger partial charge < -0.3 is 10.3 Å². The third kappa shape index (κ3) is 3.27. The van der Waals surface area contributed by atoms with Crippen molar-refractivity contribution in [3.63, 3.8) is 0 Å². The fourth-order valence-corrected chi connectivity index (χ4v) is 4.02. The Morgan fingerprint density at radius 2 is 2.03 bits per heavy atom. The van der Waals surface area contributed by atoms with Crippen molar-refractivity contribution in [2.45, 2.75) is 26.3 Å². The summed E-state index contributed by atoms with van der Waals surface area (Å²) in [5.41, 5.74) is 2.87. The maximum absolute atomic E-state index is 13.7. The number of imidazole rings is 1. The second-order valence-corrected chi connectivity index (χ2v) is 7.69. The van der Waals surface area contributed by atoms with Crippen LogP contribution in [0.25, 0.3) is 27.8 Å². The quantitative estimate of drug-likeness (QED) is 0.419. The van der Waals surface area contributed by atoms with Crippen molar-refractivity contribution in [3.05, 3.63) is 76.1 Å². The van der Waals surface area contributed by atoms with Crippen LogP contribution in [0.5, 0.6) is 0 Å². The Morgan fingerprint density at radius 3 is 2.84 bits per heavy atom. The lowest BCUT2D eigenvalue weighted by molar-refractivity contribution is 0.657. The molecule has 4 aromatic heterocycles. The van der Waals surface area contributed by atoms with Crippen molar-refractivity contribution in [2.24, 2.45) is 0 Å². The molecule has 4 heterocycles. The molecule has 0 fully saturated rings. The third-order valence-corrected chi connectivity index (χ3v) is 5.66. The van der Waals surface area contributed by atoms with Crippen LogP contribution in [0.1, 0.15) is 30.9 Å². The molecule has 0 bridgehead atoms. The molecule has 32 heavy (non-hydrogen) atoms. The number of nitrogens with one attached hydrogen (secondary N) is 2. The number of H-pyrrole nitrogens is 1. The predicted octanol–water partition coefficient (Wildman–Crippen LogP) is 3.97. The lowest BCUT2D eigenvalue weighted by Gasteiger charge is -2.22. The third-order valence-electron chi connectivity index (χ3n) is 5.34. The van der Waals surface area contributed by atoms with Crippen LogP contribution in [0.3, 0.4) is 0 Å². The van der Waals surface area contributed by atoms with E-state index in [-0.39, 0.29) is 11.6 Å². The van der Waals surface area contributed by atoms with E-state index in [0.717, 1.165) is 0 Å². The molecule has 0 aliphatic rings. The summed E-state index contributed by atoms with van der Waals surface area (Å²) < 4.78 is 1.58. The van der Waals surface area contributed by atoms with Crippen molar-refractivity contribution in [1.29, 1.82) is 0 Å². The molecule has 0 saturated carbocycles. The van der Waals surface area contributed by atoms with Gasteiger partial charge in [-0.05, 0) is 37.6 Å². The van der Waals surface area contributed by atoms with Crippen molar-refractivity contribution < 1.29 is 0 Å². The Morgan fingerprint density at radius 1 is 1.16 bits per heavy atom. The summed E-state index contributed by atoms with van der Waals surface area (Å²) in [6.07, 6.45) is 5.35. The smallest absolute Gasteiger partial charge is 0.267 e. The number of anilines is 1. The van der Waals surface area contributed by atoms with Crippen LogP contribution >= 0.6 is 11.6 Å². The molecule has 2 N–H and O–H groups in total. The van der Waals surface area contributed by atoms with Gasteiger partial charge in [-0.1, -0.05) is 24.6 Å². The van der Waals surface area contributed by atoms with Crippen molar-refractivity contribution >= 4 is 39.5 Å². The zero-order chi connectivity index (χ0) is 22.2. The van der Waals surface area contributed by atoms with E-state index in [9.17, 15) is 4.79 Å². The Bertz CT molecular complexity index is 1510. The first-order chi connectivity index (χ1) is 15.6. The lowest BCUT2D eigenvalue weighted by Crippen LogP contribution is -2.29. The molecule has 1 aromatic carbocycles. The lowest BCUT2D eigenvalue weighted by atomic mass is 10.1. The van der Waals surface area contributed by atoms with Crippen molar-refractivity contribution in [3.8, 4) is 5.69 Å². The molecule has 0 spiro atoms. The largest absolute Gasteiger partial charge is 0.358 e. The van der Waals surface area contributed by atoms with Crippen LogP contribution in [0.2, 0.25) is 5.02 Å². The highest BCUT2D eigenvalue weighted by molar-refractivity contribution is 6.35. The zero-order valence-corrected chi connectivity index (χ0v) is 18.1. The first-order valence-electron chi connectivity index (χ1n) is 10.1. The number of rotatable bonds is 5. The molecule has 5 rings (SSSR count). The molecule has 0 aliphatic carbocycles. The summed E-state index contributed by atoms with van der Waals surface area (Å²) in [5, 5.41) is 4.13. The molecule has 0 saturated heterocycles. The molecule has 1 atom stereocenters. The van der Waals surface area contributed by atoms with Gasteiger partial charge in [0.2, 0.25) is 0 Å². The Balaban J connectivity index is 1.76. The fourth-order valence-electron chi connectivity index (χ4n) is 3.77. The van der Waals surface area contributed by atoms with E-state index in [2.05, 4.69) is 30.2 Å². The number of halogens is 1. The molecular weight excluding hydrogens is 428 g/mol. The van der Waals surface area contributed by atoms with Gasteiger partial charge in [0.15, 0.2) is 11.5 Å². The molecule has 5 aromatic rings. The van der Waals surface area contributed by atoms with Crippen LogP contribution < -0.4 is 10.9 Å². The summed E-state index contributed by atoms with van der Waals surface area (Å²) in [7, 11) is 0. The summed E-state index contributed by atoms with van der Waals surface area (Å²) in [6.45, 7) is 3.86. The number of hydrogen-bond acceptors (Lipinski definition) is 7. The van der Waals surface area contributed by atoms with Crippen molar-refractivity contribution in [1.82, 2.24) is 34.5 Å². The maximum Gasteiger partial charge on any atom is 0.267 e. The highest BCUT2D eigenvalue weighted by Gasteiger charge is 2.23. The first-order valence-corrected chi connectivity index (χ1v) is 10.5. The minimum atomic E-state index is -0.347. The van der Waals surface area contributed by atoms with E-state index in [1.807, 2.05) is 19.9 Å². The minimum absolute atomic E-state index is 0.250. The number of pyridine rings is 1. The van der Waals surface area contributed by atoms with Gasteiger partial charge in [0.05, 0.1) is 39.7 Å². The van der Waals surface area contributed by atoms with Gasteiger partial charge in [0.25, 0.3) is 5.56 Å². The Kier molecular flexibility index (Phi) is 5.02. The Hall–Kier alpha value is -3.85. The highest BCUT2D eigenvalue weighted by Crippen LogP contribution is 2.28. The van der Waals surface area contributed by atoms with E-state index >= 15 is 0 Å². The van der Waals surface area contributed by atoms with Gasteiger partial charge in [-0.2, -0.15) is 0 Å². The number of hydrogen-bond donors (Lipinski definition) is 2. The molecule has 9 nitrogen and oxygen atoms in total. The fraction of sp³-hybridized carbons (Fsp3) is 0.182. The van der Waals surface area contributed by atoms with Crippen LogP contribution in [-0.4, -0.2) is 34.5 Å². The number of aromatic nitrogens is 7. The van der Waals surface area contributed by atoms with Crippen LogP contribution in [0, 0.1) is 6.92 Å². The van der Waals surface area contributed by atoms with Gasteiger partial charge >= 0.3 is 0 Å². The average molecular weight is 447 g/mol. The number of nitrogens with zero attached hydrogens (tertiary/aromatic N) is 6. The van der Waals surface area contributed by atoms with Gasteiger partial charge in [0.1, 0.15) is 17.7 Å². The van der Waals surface area contributed by atoms with E-state index in [0.29, 0.717) is 56.5 Å². The highest BCUT2D eigenvalue weighted by atomic mass is 35.5. The van der Waals surface area contributed by atoms with E-state index in [1.54, 1.807) is 41.4 Å². The number of benzene rings is 1. The monoisotopic (exact) mass is 446 g/mol. The maximum atomic E-state index is 13.7.